The van der Waals surface area contributed by atoms with E-state index in [0.29, 0.717) is 12.0 Å². The van der Waals surface area contributed by atoms with Crippen molar-refractivity contribution < 1.29 is 4.79 Å². The van der Waals surface area contributed by atoms with E-state index in [4.69, 9.17) is 5.73 Å². The van der Waals surface area contributed by atoms with Gasteiger partial charge in [-0.1, -0.05) is 13.8 Å². The van der Waals surface area contributed by atoms with E-state index in [9.17, 15) is 4.79 Å². The van der Waals surface area contributed by atoms with E-state index in [-0.39, 0.29) is 11.9 Å². The van der Waals surface area contributed by atoms with Crippen LogP contribution in [0.15, 0.2) is 0 Å². The fourth-order valence-electron chi connectivity index (χ4n) is 2.34. The van der Waals surface area contributed by atoms with E-state index < -0.39 is 0 Å². The molecule has 1 aliphatic rings. The zero-order valence-corrected chi connectivity index (χ0v) is 11.4. The number of thioether (sulfide) groups is 1. The van der Waals surface area contributed by atoms with Crippen LogP contribution in [0.3, 0.4) is 0 Å². The lowest BCUT2D eigenvalue weighted by Crippen LogP contribution is -2.47. The molecule has 1 rings (SSSR count). The van der Waals surface area contributed by atoms with Gasteiger partial charge >= 0.3 is 0 Å². The second-order valence-corrected chi connectivity index (χ2v) is 5.86. The molecule has 0 spiro atoms. The summed E-state index contributed by atoms with van der Waals surface area (Å²) in [7, 11) is 0. The standard InChI is InChI=1S/C12H24N2OS/c1-9(2)11-5-4-7-14(11)12(15)10(13)6-8-16-3/h9-11H,4-8,13H2,1-3H3/t10-,11?/m1/s1. The van der Waals surface area contributed by atoms with Gasteiger partial charge in [0, 0.05) is 12.6 Å². The molecule has 4 heteroatoms. The molecule has 0 aliphatic carbocycles. The molecule has 16 heavy (non-hydrogen) atoms. The van der Waals surface area contributed by atoms with Crippen LogP contribution in [0.4, 0.5) is 0 Å². The molecule has 3 nitrogen and oxygen atoms in total. The predicted octanol–water partition coefficient (Wildman–Crippen LogP) is 1.71. The smallest absolute Gasteiger partial charge is 0.239 e. The van der Waals surface area contributed by atoms with Gasteiger partial charge in [0.1, 0.15) is 0 Å². The number of amides is 1. The van der Waals surface area contributed by atoms with Crippen molar-refractivity contribution in [2.45, 2.75) is 45.2 Å². The molecule has 2 N–H and O–H groups in total. The Kier molecular flexibility index (Phi) is 5.62. The van der Waals surface area contributed by atoms with E-state index >= 15 is 0 Å². The summed E-state index contributed by atoms with van der Waals surface area (Å²) in [5, 5.41) is 0. The Morgan fingerprint density at radius 1 is 1.56 bits per heavy atom. The lowest BCUT2D eigenvalue weighted by molar-refractivity contribution is -0.134. The Hall–Kier alpha value is -0.220. The van der Waals surface area contributed by atoms with E-state index in [1.807, 2.05) is 11.2 Å². The lowest BCUT2D eigenvalue weighted by Gasteiger charge is -2.29. The first-order valence-electron chi connectivity index (χ1n) is 6.13. The fraction of sp³-hybridized carbons (Fsp3) is 0.917. The lowest BCUT2D eigenvalue weighted by atomic mass is 10.0. The molecule has 0 bridgehead atoms. The molecule has 1 heterocycles. The van der Waals surface area contributed by atoms with Crippen molar-refractivity contribution in [3.8, 4) is 0 Å². The molecule has 94 valence electrons. The largest absolute Gasteiger partial charge is 0.338 e. The molecule has 0 aromatic rings. The first-order chi connectivity index (χ1) is 7.57. The third-order valence-corrected chi connectivity index (χ3v) is 3.95. The van der Waals surface area contributed by atoms with E-state index in [0.717, 1.165) is 31.6 Å². The number of hydrogen-bond donors (Lipinski definition) is 1. The van der Waals surface area contributed by atoms with Crippen molar-refractivity contribution in [2.75, 3.05) is 18.6 Å². The molecule has 1 saturated heterocycles. The Labute approximate surface area is 103 Å². The molecule has 1 aliphatic heterocycles. The van der Waals surface area contributed by atoms with Crippen LogP contribution in [-0.2, 0) is 4.79 Å². The van der Waals surface area contributed by atoms with Crippen LogP contribution in [0.1, 0.15) is 33.1 Å². The number of carbonyl (C=O) groups is 1. The third-order valence-electron chi connectivity index (χ3n) is 3.30. The first-order valence-corrected chi connectivity index (χ1v) is 7.52. The summed E-state index contributed by atoms with van der Waals surface area (Å²) in [5.41, 5.74) is 5.94. The van der Waals surface area contributed by atoms with Crippen LogP contribution < -0.4 is 5.73 Å². The summed E-state index contributed by atoms with van der Waals surface area (Å²) in [5.74, 6) is 1.66. The summed E-state index contributed by atoms with van der Waals surface area (Å²) in [4.78, 5) is 14.2. The van der Waals surface area contributed by atoms with Crippen LogP contribution in [0.5, 0.6) is 0 Å². The topological polar surface area (TPSA) is 46.3 Å². The number of nitrogens with zero attached hydrogens (tertiary/aromatic N) is 1. The van der Waals surface area contributed by atoms with Crippen LogP contribution in [0, 0.1) is 5.92 Å². The van der Waals surface area contributed by atoms with Crippen LogP contribution >= 0.6 is 11.8 Å². The summed E-state index contributed by atoms with van der Waals surface area (Å²) >= 11 is 1.75. The highest BCUT2D eigenvalue weighted by Crippen LogP contribution is 2.24. The maximum Gasteiger partial charge on any atom is 0.239 e. The van der Waals surface area contributed by atoms with E-state index in [1.165, 1.54) is 0 Å². The number of nitrogens with two attached hydrogens (primary N) is 1. The van der Waals surface area contributed by atoms with Gasteiger partial charge in [0.15, 0.2) is 0 Å². The molecule has 0 radical (unpaired) electrons. The van der Waals surface area contributed by atoms with Crippen molar-refractivity contribution in [2.24, 2.45) is 11.7 Å². The van der Waals surface area contributed by atoms with Gasteiger partial charge in [-0.2, -0.15) is 11.8 Å². The summed E-state index contributed by atoms with van der Waals surface area (Å²) in [6, 6.07) is 0.111. The predicted molar refractivity (Wildman–Crippen MR) is 70.5 cm³/mol. The van der Waals surface area contributed by atoms with Crippen molar-refractivity contribution in [3.63, 3.8) is 0 Å². The molecular formula is C12H24N2OS. The number of hydrogen-bond acceptors (Lipinski definition) is 3. The zero-order chi connectivity index (χ0) is 12.1. The number of rotatable bonds is 5. The van der Waals surface area contributed by atoms with E-state index in [1.54, 1.807) is 11.8 Å². The van der Waals surface area contributed by atoms with Crippen molar-refractivity contribution in [3.05, 3.63) is 0 Å². The maximum atomic E-state index is 12.2. The normalized spacial score (nSPS) is 22.8. The molecule has 1 fully saturated rings. The Morgan fingerprint density at radius 3 is 2.81 bits per heavy atom. The van der Waals surface area contributed by atoms with Gasteiger partial charge in [0.2, 0.25) is 5.91 Å². The minimum Gasteiger partial charge on any atom is -0.338 e. The van der Waals surface area contributed by atoms with Crippen LogP contribution in [0.2, 0.25) is 0 Å². The molecular weight excluding hydrogens is 220 g/mol. The Bertz CT molecular complexity index is 233. The third kappa shape index (κ3) is 3.39. The quantitative estimate of drug-likeness (QED) is 0.801. The van der Waals surface area contributed by atoms with Crippen LogP contribution in [-0.4, -0.2) is 41.4 Å². The Morgan fingerprint density at radius 2 is 2.25 bits per heavy atom. The van der Waals surface area contributed by atoms with Crippen molar-refractivity contribution >= 4 is 17.7 Å². The summed E-state index contributed by atoms with van der Waals surface area (Å²) in [6.45, 7) is 5.27. The van der Waals surface area contributed by atoms with E-state index in [2.05, 4.69) is 13.8 Å². The Balaban J connectivity index is 2.51. The average Bonchev–Trinajstić information content (AvgIpc) is 2.73. The minimum atomic E-state index is -0.299. The highest BCUT2D eigenvalue weighted by atomic mass is 32.2. The van der Waals surface area contributed by atoms with Crippen LogP contribution in [0.25, 0.3) is 0 Å². The van der Waals surface area contributed by atoms with Gasteiger partial charge in [0.05, 0.1) is 6.04 Å². The monoisotopic (exact) mass is 244 g/mol. The zero-order valence-electron chi connectivity index (χ0n) is 10.6. The summed E-state index contributed by atoms with van der Waals surface area (Å²) < 4.78 is 0. The SMILES string of the molecule is CSCC[C@@H](N)C(=O)N1CCCC1C(C)C. The number of likely N-dealkylation sites (tertiary alicyclic amines) is 1. The van der Waals surface area contributed by atoms with Crippen molar-refractivity contribution in [1.82, 2.24) is 4.90 Å². The van der Waals surface area contributed by atoms with Gasteiger partial charge in [0.25, 0.3) is 0 Å². The molecule has 2 atom stereocenters. The van der Waals surface area contributed by atoms with Gasteiger partial charge in [-0.05, 0) is 37.2 Å². The summed E-state index contributed by atoms with van der Waals surface area (Å²) in [6.07, 6.45) is 5.10. The molecule has 0 aromatic carbocycles. The van der Waals surface area contributed by atoms with Gasteiger partial charge in [-0.15, -0.1) is 0 Å². The molecule has 0 saturated carbocycles. The maximum absolute atomic E-state index is 12.2. The van der Waals surface area contributed by atoms with Gasteiger partial charge < -0.3 is 10.6 Å². The average molecular weight is 244 g/mol. The fourth-order valence-corrected chi connectivity index (χ4v) is 2.83. The van der Waals surface area contributed by atoms with Gasteiger partial charge in [-0.3, -0.25) is 4.79 Å². The molecule has 1 unspecified atom stereocenters. The second kappa shape index (κ2) is 6.50. The molecule has 1 amide bonds. The molecule has 0 aromatic heterocycles. The highest BCUT2D eigenvalue weighted by Gasteiger charge is 2.32. The number of carbonyl (C=O) groups excluding carboxylic acids is 1. The first kappa shape index (κ1) is 13.8. The van der Waals surface area contributed by atoms with Gasteiger partial charge in [-0.25, -0.2) is 0 Å². The van der Waals surface area contributed by atoms with Crippen molar-refractivity contribution in [1.29, 1.82) is 0 Å². The second-order valence-electron chi connectivity index (χ2n) is 4.87. The minimum absolute atomic E-state index is 0.158. The highest BCUT2D eigenvalue weighted by molar-refractivity contribution is 7.98.